The van der Waals surface area contributed by atoms with Gasteiger partial charge in [0.1, 0.15) is 11.4 Å². The lowest BCUT2D eigenvalue weighted by molar-refractivity contribution is -0.135. The molecule has 0 radical (unpaired) electrons. The van der Waals surface area contributed by atoms with Crippen molar-refractivity contribution in [1.29, 1.82) is 0 Å². The molecule has 1 N–H and O–H groups in total. The molecule has 0 amide bonds. The number of carbonyl (C=O) groups excluding carboxylic acids is 2. The molecule has 0 aliphatic rings. The standard InChI is InChI=1S/C13H13ClFNO3/c1-7(16-2)11(13(18)19-3)12(17)9-5-4-8(15)6-10(9)14/h4-6,16H,1-3H3/b11-7+. The predicted molar refractivity (Wildman–Crippen MR) is 69.5 cm³/mol. The summed E-state index contributed by atoms with van der Waals surface area (Å²) in [5, 5.41) is 2.64. The van der Waals surface area contributed by atoms with Crippen LogP contribution in [0.5, 0.6) is 0 Å². The summed E-state index contributed by atoms with van der Waals surface area (Å²) in [6.45, 7) is 1.56. The number of methoxy groups -OCH3 is 1. The Morgan fingerprint density at radius 3 is 2.47 bits per heavy atom. The number of hydrogen-bond acceptors (Lipinski definition) is 4. The largest absolute Gasteiger partial charge is 0.465 e. The molecule has 0 saturated carbocycles. The third kappa shape index (κ3) is 3.32. The number of esters is 1. The van der Waals surface area contributed by atoms with Crippen LogP contribution in [0.1, 0.15) is 17.3 Å². The molecule has 0 spiro atoms. The van der Waals surface area contributed by atoms with Gasteiger partial charge in [0.15, 0.2) is 0 Å². The molecule has 0 aliphatic heterocycles. The first-order valence-corrected chi connectivity index (χ1v) is 5.76. The van der Waals surface area contributed by atoms with E-state index in [1.165, 1.54) is 13.2 Å². The van der Waals surface area contributed by atoms with Gasteiger partial charge in [0.25, 0.3) is 0 Å². The van der Waals surface area contributed by atoms with Gasteiger partial charge >= 0.3 is 5.97 Å². The molecule has 1 rings (SSSR count). The highest BCUT2D eigenvalue weighted by atomic mass is 35.5. The number of carbonyl (C=O) groups is 2. The number of allylic oxidation sites excluding steroid dienone is 1. The molecule has 0 saturated heterocycles. The molecule has 6 heteroatoms. The quantitative estimate of drug-likeness (QED) is 0.303. The van der Waals surface area contributed by atoms with Gasteiger partial charge in [-0.2, -0.15) is 0 Å². The molecule has 4 nitrogen and oxygen atoms in total. The average Bonchev–Trinajstić information content (AvgIpc) is 2.38. The fraction of sp³-hybridized carbons (Fsp3) is 0.231. The minimum absolute atomic E-state index is 0.0399. The first kappa shape index (κ1) is 15.2. The lowest BCUT2D eigenvalue weighted by Gasteiger charge is -2.10. The molecule has 1 aromatic rings. The summed E-state index contributed by atoms with van der Waals surface area (Å²) in [6, 6.07) is 3.34. The Hall–Kier alpha value is -1.88. The van der Waals surface area contributed by atoms with Crippen LogP contribution >= 0.6 is 11.6 Å². The van der Waals surface area contributed by atoms with Crippen LogP contribution in [-0.2, 0) is 9.53 Å². The first-order valence-electron chi connectivity index (χ1n) is 5.39. The SMILES string of the molecule is CN/C(C)=C(/C(=O)OC)C(=O)c1ccc(F)cc1Cl. The van der Waals surface area contributed by atoms with E-state index in [9.17, 15) is 14.0 Å². The van der Waals surface area contributed by atoms with Crippen LogP contribution in [0.3, 0.4) is 0 Å². The average molecular weight is 286 g/mol. The second-order valence-electron chi connectivity index (χ2n) is 3.69. The van der Waals surface area contributed by atoms with Crippen LogP contribution in [0.25, 0.3) is 0 Å². The zero-order valence-corrected chi connectivity index (χ0v) is 11.5. The predicted octanol–water partition coefficient (Wildman–Crippen LogP) is 2.33. The molecule has 0 atom stereocenters. The third-order valence-electron chi connectivity index (χ3n) is 2.54. The van der Waals surface area contributed by atoms with Crippen LogP contribution in [0.2, 0.25) is 5.02 Å². The van der Waals surface area contributed by atoms with E-state index in [2.05, 4.69) is 10.1 Å². The smallest absolute Gasteiger partial charge is 0.343 e. The second-order valence-corrected chi connectivity index (χ2v) is 4.10. The molecule has 19 heavy (non-hydrogen) atoms. The summed E-state index contributed by atoms with van der Waals surface area (Å²) in [4.78, 5) is 23.9. The van der Waals surface area contributed by atoms with Gasteiger partial charge in [0.05, 0.1) is 12.1 Å². The van der Waals surface area contributed by atoms with Crippen LogP contribution < -0.4 is 5.32 Å². The van der Waals surface area contributed by atoms with Gasteiger partial charge in [-0.15, -0.1) is 0 Å². The lowest BCUT2D eigenvalue weighted by Crippen LogP contribution is -2.21. The molecule has 0 aromatic heterocycles. The number of benzene rings is 1. The monoisotopic (exact) mass is 285 g/mol. The molecular weight excluding hydrogens is 273 g/mol. The third-order valence-corrected chi connectivity index (χ3v) is 2.86. The van der Waals surface area contributed by atoms with E-state index in [1.54, 1.807) is 14.0 Å². The number of rotatable bonds is 4. The zero-order chi connectivity index (χ0) is 14.6. The highest BCUT2D eigenvalue weighted by Gasteiger charge is 2.25. The molecule has 0 aliphatic carbocycles. The topological polar surface area (TPSA) is 55.4 Å². The Morgan fingerprint density at radius 2 is 2.00 bits per heavy atom. The van der Waals surface area contributed by atoms with Gasteiger partial charge in [0.2, 0.25) is 5.78 Å². The number of hydrogen-bond donors (Lipinski definition) is 1. The van der Waals surface area contributed by atoms with Crippen molar-refractivity contribution in [2.75, 3.05) is 14.2 Å². The molecule has 1 aromatic carbocycles. The van der Waals surface area contributed by atoms with Crippen LogP contribution in [0.15, 0.2) is 29.5 Å². The Bertz CT molecular complexity index is 555. The minimum Gasteiger partial charge on any atom is -0.465 e. The molecule has 0 bridgehead atoms. The Balaban J connectivity index is 3.32. The summed E-state index contributed by atoms with van der Waals surface area (Å²) in [7, 11) is 2.74. The van der Waals surface area contributed by atoms with E-state index in [0.29, 0.717) is 5.70 Å². The fourth-order valence-electron chi connectivity index (χ4n) is 1.45. The van der Waals surface area contributed by atoms with Gasteiger partial charge in [-0.25, -0.2) is 9.18 Å². The molecular formula is C13H13ClFNO3. The maximum Gasteiger partial charge on any atom is 0.343 e. The van der Waals surface area contributed by atoms with E-state index < -0.39 is 17.6 Å². The Kier molecular flexibility index (Phi) is 5.06. The molecule has 0 heterocycles. The lowest BCUT2D eigenvalue weighted by atomic mass is 10.0. The van der Waals surface area contributed by atoms with E-state index in [-0.39, 0.29) is 16.2 Å². The van der Waals surface area contributed by atoms with Gasteiger partial charge in [0, 0.05) is 18.3 Å². The number of halogens is 2. The summed E-state index contributed by atoms with van der Waals surface area (Å²) < 4.78 is 17.5. The van der Waals surface area contributed by atoms with E-state index in [0.717, 1.165) is 12.1 Å². The molecule has 102 valence electrons. The van der Waals surface area contributed by atoms with Crippen molar-refractivity contribution in [3.8, 4) is 0 Å². The molecule has 0 fully saturated rings. The fourth-order valence-corrected chi connectivity index (χ4v) is 1.70. The van der Waals surface area contributed by atoms with Crippen molar-refractivity contribution < 1.29 is 18.7 Å². The first-order chi connectivity index (χ1) is 8.92. The van der Waals surface area contributed by atoms with Gasteiger partial charge in [-0.1, -0.05) is 11.6 Å². The van der Waals surface area contributed by atoms with Crippen molar-refractivity contribution in [2.45, 2.75) is 6.92 Å². The Labute approximate surface area is 115 Å². The number of ketones is 1. The highest BCUT2D eigenvalue weighted by Crippen LogP contribution is 2.22. The highest BCUT2D eigenvalue weighted by molar-refractivity contribution is 6.37. The van der Waals surface area contributed by atoms with Crippen molar-refractivity contribution in [2.24, 2.45) is 0 Å². The van der Waals surface area contributed by atoms with Crippen molar-refractivity contribution >= 4 is 23.4 Å². The zero-order valence-electron chi connectivity index (χ0n) is 10.7. The maximum absolute atomic E-state index is 12.9. The molecule has 0 unspecified atom stereocenters. The maximum atomic E-state index is 12.9. The Morgan fingerprint density at radius 1 is 1.37 bits per heavy atom. The number of Topliss-reactive ketones (excluding diaryl/α,β-unsaturated/α-hetero) is 1. The van der Waals surface area contributed by atoms with Crippen molar-refractivity contribution in [3.63, 3.8) is 0 Å². The second kappa shape index (κ2) is 6.33. The van der Waals surface area contributed by atoms with Crippen LogP contribution in [0.4, 0.5) is 4.39 Å². The van der Waals surface area contributed by atoms with Gasteiger partial charge in [-0.05, 0) is 25.1 Å². The summed E-state index contributed by atoms with van der Waals surface area (Å²) in [5.41, 5.74) is 0.216. The number of nitrogens with one attached hydrogen (secondary N) is 1. The summed E-state index contributed by atoms with van der Waals surface area (Å²) in [6.07, 6.45) is 0. The number of ether oxygens (including phenoxy) is 1. The minimum atomic E-state index is -0.780. The summed E-state index contributed by atoms with van der Waals surface area (Å²) in [5.74, 6) is -1.96. The van der Waals surface area contributed by atoms with E-state index in [4.69, 9.17) is 11.6 Å². The van der Waals surface area contributed by atoms with E-state index >= 15 is 0 Å². The summed E-state index contributed by atoms with van der Waals surface area (Å²) >= 11 is 5.81. The van der Waals surface area contributed by atoms with Crippen LogP contribution in [0, 0.1) is 5.82 Å². The van der Waals surface area contributed by atoms with E-state index in [1.807, 2.05) is 0 Å². The van der Waals surface area contributed by atoms with Gasteiger partial charge < -0.3 is 10.1 Å². The van der Waals surface area contributed by atoms with Crippen molar-refractivity contribution in [1.82, 2.24) is 5.32 Å². The van der Waals surface area contributed by atoms with Crippen LogP contribution in [-0.4, -0.2) is 25.9 Å². The normalized spacial score (nSPS) is 11.6. The van der Waals surface area contributed by atoms with Crippen molar-refractivity contribution in [3.05, 3.63) is 45.9 Å². The van der Waals surface area contributed by atoms with Gasteiger partial charge in [-0.3, -0.25) is 4.79 Å².